The number of rotatable bonds is 6. The maximum absolute atomic E-state index is 13.2. The van der Waals surface area contributed by atoms with Crippen molar-refractivity contribution < 1.29 is 26.4 Å². The number of alkyl halides is 3. The van der Waals surface area contributed by atoms with Gasteiger partial charge in [-0.3, -0.25) is 9.69 Å². The smallest absolute Gasteiger partial charge is 0.324 e. The second kappa shape index (κ2) is 9.60. The van der Waals surface area contributed by atoms with Crippen LogP contribution in [0.2, 0.25) is 0 Å². The highest BCUT2D eigenvalue weighted by Crippen LogP contribution is 2.35. The second-order valence-corrected chi connectivity index (χ2v) is 9.68. The number of benzene rings is 2. The van der Waals surface area contributed by atoms with Gasteiger partial charge in [-0.05, 0) is 30.5 Å². The molecule has 1 saturated heterocycles. The van der Waals surface area contributed by atoms with Crippen LogP contribution in [0, 0.1) is 0 Å². The summed E-state index contributed by atoms with van der Waals surface area (Å²) >= 11 is 1.51. The normalized spacial score (nSPS) is 16.3. The Hall–Kier alpha value is -2.08. The molecule has 0 saturated carbocycles. The lowest BCUT2D eigenvalue weighted by molar-refractivity contribution is -0.140. The zero-order valence-corrected chi connectivity index (χ0v) is 18.4. The molecule has 1 aliphatic heterocycles. The molecular formula is C20H22F3N3O3S2. The van der Waals surface area contributed by atoms with Crippen LogP contribution < -0.4 is 5.32 Å². The highest BCUT2D eigenvalue weighted by molar-refractivity contribution is 7.98. The number of nitrogens with zero attached hydrogens (tertiary/aromatic N) is 2. The number of sulfonamides is 1. The van der Waals surface area contributed by atoms with E-state index in [-0.39, 0.29) is 38.6 Å². The van der Waals surface area contributed by atoms with Crippen molar-refractivity contribution in [3.8, 4) is 0 Å². The number of nitrogens with one attached hydrogen (secondary N) is 1. The third-order valence-corrected chi connectivity index (χ3v) is 7.64. The predicted octanol–water partition coefficient (Wildman–Crippen LogP) is 3.37. The summed E-state index contributed by atoms with van der Waals surface area (Å²) in [7, 11) is -4.30. The Morgan fingerprint density at radius 3 is 2.29 bits per heavy atom. The highest BCUT2D eigenvalue weighted by atomic mass is 32.2. The van der Waals surface area contributed by atoms with Crippen LogP contribution in [-0.4, -0.2) is 62.5 Å². The Labute approximate surface area is 183 Å². The van der Waals surface area contributed by atoms with E-state index in [4.69, 9.17) is 0 Å². The van der Waals surface area contributed by atoms with Crippen LogP contribution in [-0.2, 0) is 21.0 Å². The van der Waals surface area contributed by atoms with Gasteiger partial charge in [-0.25, -0.2) is 8.42 Å². The van der Waals surface area contributed by atoms with E-state index in [1.54, 1.807) is 11.0 Å². The quantitative estimate of drug-likeness (QED) is 0.652. The number of para-hydroxylation sites is 1. The van der Waals surface area contributed by atoms with Gasteiger partial charge in [0.25, 0.3) is 0 Å². The molecule has 0 unspecified atom stereocenters. The molecule has 168 valence electrons. The zero-order valence-electron chi connectivity index (χ0n) is 16.7. The van der Waals surface area contributed by atoms with Crippen molar-refractivity contribution in [2.24, 2.45) is 0 Å². The summed E-state index contributed by atoms with van der Waals surface area (Å²) in [4.78, 5) is 14.3. The van der Waals surface area contributed by atoms with Gasteiger partial charge >= 0.3 is 6.18 Å². The molecule has 1 heterocycles. The van der Waals surface area contributed by atoms with Crippen LogP contribution in [0.15, 0.2) is 58.3 Å². The van der Waals surface area contributed by atoms with Gasteiger partial charge in [0.2, 0.25) is 15.9 Å². The van der Waals surface area contributed by atoms with Crippen LogP contribution in [0.3, 0.4) is 0 Å². The van der Waals surface area contributed by atoms with Crippen molar-refractivity contribution >= 4 is 33.4 Å². The van der Waals surface area contributed by atoms with Crippen molar-refractivity contribution in [2.75, 3.05) is 44.3 Å². The highest BCUT2D eigenvalue weighted by Gasteiger charge is 2.39. The third-order valence-electron chi connectivity index (χ3n) is 4.89. The lowest BCUT2D eigenvalue weighted by Gasteiger charge is -2.34. The summed E-state index contributed by atoms with van der Waals surface area (Å²) in [6.07, 6.45) is -2.86. The lowest BCUT2D eigenvalue weighted by Crippen LogP contribution is -2.50. The van der Waals surface area contributed by atoms with Crippen LogP contribution in [0.5, 0.6) is 0 Å². The van der Waals surface area contributed by atoms with Gasteiger partial charge < -0.3 is 5.32 Å². The second-order valence-electron chi connectivity index (χ2n) is 6.92. The van der Waals surface area contributed by atoms with Gasteiger partial charge in [-0.1, -0.05) is 24.3 Å². The minimum Gasteiger partial charge on any atom is -0.324 e. The van der Waals surface area contributed by atoms with Gasteiger partial charge in [0.05, 0.1) is 22.7 Å². The monoisotopic (exact) mass is 473 g/mol. The topological polar surface area (TPSA) is 69.7 Å². The third kappa shape index (κ3) is 5.59. The molecule has 0 aromatic heterocycles. The molecule has 3 rings (SSSR count). The summed E-state index contributed by atoms with van der Waals surface area (Å²) in [5.74, 6) is -0.236. The molecule has 1 aliphatic rings. The molecule has 1 amide bonds. The van der Waals surface area contributed by atoms with Gasteiger partial charge in [0.1, 0.15) is 0 Å². The molecule has 1 N–H and O–H groups in total. The van der Waals surface area contributed by atoms with Gasteiger partial charge in [-0.15, -0.1) is 11.8 Å². The molecule has 0 bridgehead atoms. The predicted molar refractivity (Wildman–Crippen MR) is 113 cm³/mol. The number of piperazine rings is 1. The Bertz CT molecular complexity index is 1040. The Kier molecular flexibility index (Phi) is 7.30. The fourth-order valence-corrected chi connectivity index (χ4v) is 5.52. The molecule has 1 fully saturated rings. The van der Waals surface area contributed by atoms with E-state index in [0.717, 1.165) is 27.4 Å². The fraction of sp³-hybridized carbons (Fsp3) is 0.350. The molecule has 31 heavy (non-hydrogen) atoms. The summed E-state index contributed by atoms with van der Waals surface area (Å²) in [6.45, 7) is 0.554. The Morgan fingerprint density at radius 2 is 1.65 bits per heavy atom. The van der Waals surface area contributed by atoms with E-state index < -0.39 is 26.7 Å². The van der Waals surface area contributed by atoms with Crippen molar-refractivity contribution in [1.82, 2.24) is 9.21 Å². The molecule has 0 atom stereocenters. The number of hydrogen-bond acceptors (Lipinski definition) is 5. The number of carbonyl (C=O) groups excluding carboxylic acids is 1. The van der Waals surface area contributed by atoms with Gasteiger partial charge in [0, 0.05) is 31.1 Å². The molecule has 0 radical (unpaired) electrons. The van der Waals surface area contributed by atoms with Gasteiger partial charge in [-0.2, -0.15) is 17.5 Å². The van der Waals surface area contributed by atoms with Crippen molar-refractivity contribution in [1.29, 1.82) is 0 Å². The fourth-order valence-electron chi connectivity index (χ4n) is 3.33. The van der Waals surface area contributed by atoms with E-state index in [1.807, 2.05) is 24.5 Å². The molecule has 11 heteroatoms. The van der Waals surface area contributed by atoms with Crippen LogP contribution in [0.25, 0.3) is 0 Å². The summed E-state index contributed by atoms with van der Waals surface area (Å²) in [6, 6.07) is 11.6. The molecule has 2 aromatic carbocycles. The number of hydrogen-bond donors (Lipinski definition) is 1. The van der Waals surface area contributed by atoms with Crippen LogP contribution in [0.1, 0.15) is 5.56 Å². The summed E-state index contributed by atoms with van der Waals surface area (Å²) in [5, 5.41) is 2.84. The molecule has 6 nitrogen and oxygen atoms in total. The van der Waals surface area contributed by atoms with E-state index in [1.165, 1.54) is 17.8 Å². The molecule has 0 aliphatic carbocycles. The first-order chi connectivity index (χ1) is 14.6. The average molecular weight is 474 g/mol. The number of carbonyl (C=O) groups is 1. The zero-order chi connectivity index (χ0) is 22.6. The maximum Gasteiger partial charge on any atom is 0.417 e. The van der Waals surface area contributed by atoms with Crippen LogP contribution >= 0.6 is 11.8 Å². The first kappa shape index (κ1) is 23.6. The number of thioether (sulfide) groups is 1. The minimum absolute atomic E-state index is 0.00318. The standard InChI is InChI=1S/C20H22F3N3O3S2/c1-30-17-8-4-3-7-16(17)24-19(27)14-25-10-12-26(13-11-25)31(28,29)18-9-5-2-6-15(18)20(21,22)23/h2-9H,10-14H2,1H3,(H,24,27). The van der Waals surface area contributed by atoms with Crippen molar-refractivity contribution in [3.05, 3.63) is 54.1 Å². The van der Waals surface area contributed by atoms with Crippen LogP contribution in [0.4, 0.5) is 18.9 Å². The van der Waals surface area contributed by atoms with E-state index in [0.29, 0.717) is 5.69 Å². The van der Waals surface area contributed by atoms with E-state index >= 15 is 0 Å². The molecule has 0 spiro atoms. The molecular weight excluding hydrogens is 451 g/mol. The van der Waals surface area contributed by atoms with Crippen molar-refractivity contribution in [2.45, 2.75) is 16.0 Å². The number of anilines is 1. The number of halogens is 3. The Morgan fingerprint density at radius 1 is 1.03 bits per heavy atom. The summed E-state index contributed by atoms with van der Waals surface area (Å²) < 4.78 is 66.4. The summed E-state index contributed by atoms with van der Waals surface area (Å²) in [5.41, 5.74) is -0.478. The minimum atomic E-state index is -4.77. The van der Waals surface area contributed by atoms with Crippen molar-refractivity contribution in [3.63, 3.8) is 0 Å². The Balaban J connectivity index is 1.63. The SMILES string of the molecule is CSc1ccccc1NC(=O)CN1CCN(S(=O)(=O)c2ccccc2C(F)(F)F)CC1. The van der Waals surface area contributed by atoms with E-state index in [9.17, 15) is 26.4 Å². The maximum atomic E-state index is 13.2. The first-order valence-electron chi connectivity index (χ1n) is 9.44. The number of amides is 1. The van der Waals surface area contributed by atoms with Gasteiger partial charge in [0.15, 0.2) is 0 Å². The molecule has 2 aromatic rings. The van der Waals surface area contributed by atoms with E-state index in [2.05, 4.69) is 5.32 Å². The lowest BCUT2D eigenvalue weighted by atomic mass is 10.2. The largest absolute Gasteiger partial charge is 0.417 e. The average Bonchev–Trinajstić information content (AvgIpc) is 2.74. The first-order valence-corrected chi connectivity index (χ1v) is 12.1.